The van der Waals surface area contributed by atoms with Gasteiger partial charge in [0.05, 0.1) is 0 Å². The lowest BCUT2D eigenvalue weighted by Crippen LogP contribution is -2.01. The van der Waals surface area contributed by atoms with Gasteiger partial charge in [-0.2, -0.15) is 0 Å². The molecule has 4 heteroatoms. The maximum Gasteiger partial charge on any atom is 0.164 e. The first-order valence-corrected chi connectivity index (χ1v) is 15.0. The first-order chi connectivity index (χ1) is 22.3. The van der Waals surface area contributed by atoms with Gasteiger partial charge in [-0.25, -0.2) is 15.0 Å². The molecule has 0 N–H and O–H groups in total. The van der Waals surface area contributed by atoms with Gasteiger partial charge in [0.15, 0.2) is 17.5 Å². The van der Waals surface area contributed by atoms with Crippen LogP contribution in [-0.4, -0.2) is 15.0 Å². The van der Waals surface area contributed by atoms with Gasteiger partial charge in [-0.3, -0.25) is 0 Å². The monoisotopic (exact) mass is 575 g/mol. The molecular formula is C41H25N3O. The molecule has 0 aliphatic carbocycles. The van der Waals surface area contributed by atoms with Gasteiger partial charge in [0.2, 0.25) is 0 Å². The molecule has 0 saturated heterocycles. The number of para-hydroxylation sites is 1. The summed E-state index contributed by atoms with van der Waals surface area (Å²) in [6, 6.07) is 52.3. The Morgan fingerprint density at radius 3 is 1.82 bits per heavy atom. The molecule has 7 aromatic carbocycles. The van der Waals surface area contributed by atoms with Gasteiger partial charge in [0, 0.05) is 27.5 Å². The van der Waals surface area contributed by atoms with Crippen LogP contribution in [0.5, 0.6) is 0 Å². The Balaban J connectivity index is 1.30. The maximum atomic E-state index is 6.22. The van der Waals surface area contributed by atoms with Gasteiger partial charge in [-0.1, -0.05) is 133 Å². The Kier molecular flexibility index (Phi) is 5.78. The van der Waals surface area contributed by atoms with E-state index < -0.39 is 0 Å². The normalized spacial score (nSPS) is 11.6. The topological polar surface area (TPSA) is 51.8 Å². The summed E-state index contributed by atoms with van der Waals surface area (Å²) in [6.45, 7) is 0. The second-order valence-electron chi connectivity index (χ2n) is 11.2. The van der Waals surface area contributed by atoms with Gasteiger partial charge in [0.25, 0.3) is 0 Å². The average Bonchev–Trinajstić information content (AvgIpc) is 3.50. The predicted molar refractivity (Wildman–Crippen MR) is 184 cm³/mol. The molecule has 0 amide bonds. The lowest BCUT2D eigenvalue weighted by molar-refractivity contribution is 0.669. The molecule has 9 rings (SSSR count). The minimum atomic E-state index is 0.609. The third-order valence-electron chi connectivity index (χ3n) is 8.53. The number of nitrogens with zero attached hydrogens (tertiary/aromatic N) is 3. The zero-order valence-corrected chi connectivity index (χ0v) is 24.2. The Bertz CT molecular complexity index is 2540. The first-order valence-electron chi connectivity index (χ1n) is 15.0. The average molecular weight is 576 g/mol. The molecule has 210 valence electrons. The van der Waals surface area contributed by atoms with Crippen molar-refractivity contribution >= 4 is 43.5 Å². The van der Waals surface area contributed by atoms with Crippen LogP contribution in [0, 0.1) is 0 Å². The van der Waals surface area contributed by atoms with E-state index in [9.17, 15) is 0 Å². The van der Waals surface area contributed by atoms with E-state index in [1.165, 1.54) is 16.3 Å². The van der Waals surface area contributed by atoms with Crippen LogP contribution in [0.4, 0.5) is 0 Å². The van der Waals surface area contributed by atoms with Crippen molar-refractivity contribution in [3.05, 3.63) is 152 Å². The molecule has 0 bridgehead atoms. The number of hydrogen-bond acceptors (Lipinski definition) is 4. The molecule has 0 fully saturated rings. The Morgan fingerprint density at radius 1 is 0.356 bits per heavy atom. The van der Waals surface area contributed by atoms with Gasteiger partial charge < -0.3 is 4.42 Å². The lowest BCUT2D eigenvalue weighted by atomic mass is 9.94. The zero-order chi connectivity index (χ0) is 29.7. The van der Waals surface area contributed by atoms with Crippen LogP contribution in [0.3, 0.4) is 0 Å². The van der Waals surface area contributed by atoms with Crippen LogP contribution in [-0.2, 0) is 0 Å². The van der Waals surface area contributed by atoms with E-state index in [1.54, 1.807) is 0 Å². The van der Waals surface area contributed by atoms with E-state index in [1.807, 2.05) is 60.7 Å². The van der Waals surface area contributed by atoms with Crippen molar-refractivity contribution in [1.29, 1.82) is 0 Å². The van der Waals surface area contributed by atoms with E-state index in [0.717, 1.165) is 55.0 Å². The highest BCUT2D eigenvalue weighted by Crippen LogP contribution is 2.38. The molecule has 2 heterocycles. The highest BCUT2D eigenvalue weighted by Gasteiger charge is 2.18. The molecule has 0 aliphatic heterocycles. The number of benzene rings is 7. The number of furan rings is 1. The number of aromatic nitrogens is 3. The molecule has 2 aromatic heterocycles. The van der Waals surface area contributed by atoms with Gasteiger partial charge in [-0.15, -0.1) is 0 Å². The molecule has 0 saturated carbocycles. The second-order valence-corrected chi connectivity index (χ2v) is 11.2. The summed E-state index contributed by atoms with van der Waals surface area (Å²) in [7, 11) is 0. The third-order valence-corrected chi connectivity index (χ3v) is 8.53. The summed E-state index contributed by atoms with van der Waals surface area (Å²) < 4.78 is 6.22. The molecular weight excluding hydrogens is 550 g/mol. The summed E-state index contributed by atoms with van der Waals surface area (Å²) in [5.41, 5.74) is 6.80. The fourth-order valence-corrected chi connectivity index (χ4v) is 6.41. The predicted octanol–water partition coefficient (Wildman–Crippen LogP) is 10.7. The van der Waals surface area contributed by atoms with E-state index >= 15 is 0 Å². The first kappa shape index (κ1) is 25.4. The summed E-state index contributed by atoms with van der Waals surface area (Å²) in [4.78, 5) is 15.3. The van der Waals surface area contributed by atoms with E-state index in [0.29, 0.717) is 17.5 Å². The highest BCUT2D eigenvalue weighted by atomic mass is 16.3. The van der Waals surface area contributed by atoms with Crippen molar-refractivity contribution in [1.82, 2.24) is 15.0 Å². The van der Waals surface area contributed by atoms with Crippen molar-refractivity contribution in [2.45, 2.75) is 0 Å². The minimum absolute atomic E-state index is 0.609. The molecule has 0 spiro atoms. The van der Waals surface area contributed by atoms with Crippen LogP contribution in [0.15, 0.2) is 156 Å². The fourth-order valence-electron chi connectivity index (χ4n) is 6.41. The molecule has 4 nitrogen and oxygen atoms in total. The molecule has 0 unspecified atom stereocenters. The van der Waals surface area contributed by atoms with Crippen LogP contribution in [0.2, 0.25) is 0 Å². The zero-order valence-electron chi connectivity index (χ0n) is 24.2. The number of rotatable bonds is 4. The van der Waals surface area contributed by atoms with Crippen LogP contribution in [0.25, 0.3) is 88.8 Å². The lowest BCUT2D eigenvalue weighted by Gasteiger charge is -2.12. The standard InChI is InChI=1S/C41H25N3O/c1-2-12-28(13-3-1)39-42-40(44-41(43-39)34-20-10-22-37-38(34)33-17-6-7-21-36(33)45-37)32-19-9-15-27-23-24-29(25-35(27)32)31-18-8-14-26-11-4-5-16-30(26)31/h1-25H. The molecule has 0 aliphatic rings. The fraction of sp³-hybridized carbons (Fsp3) is 0. The highest BCUT2D eigenvalue weighted by molar-refractivity contribution is 6.12. The van der Waals surface area contributed by atoms with Crippen LogP contribution >= 0.6 is 0 Å². The SMILES string of the molecule is c1ccc(-c2nc(-c3cccc4ccc(-c5cccc6ccccc56)cc34)nc(-c3cccc4oc5ccccc5c34)n2)cc1. The molecule has 9 aromatic rings. The summed E-state index contributed by atoms with van der Waals surface area (Å²) in [6.07, 6.45) is 0. The smallest absolute Gasteiger partial charge is 0.164 e. The van der Waals surface area contributed by atoms with Crippen LogP contribution < -0.4 is 0 Å². The summed E-state index contributed by atoms with van der Waals surface area (Å²) >= 11 is 0. The molecule has 0 atom stereocenters. The number of fused-ring (bicyclic) bond motifs is 5. The third kappa shape index (κ3) is 4.27. The Hall–Kier alpha value is -6.13. The summed E-state index contributed by atoms with van der Waals surface area (Å²) in [5, 5.41) is 6.70. The van der Waals surface area contributed by atoms with Crippen molar-refractivity contribution < 1.29 is 4.42 Å². The van der Waals surface area contributed by atoms with Gasteiger partial charge >= 0.3 is 0 Å². The van der Waals surface area contributed by atoms with Crippen molar-refractivity contribution in [3.63, 3.8) is 0 Å². The Labute approximate surface area is 259 Å². The van der Waals surface area contributed by atoms with Gasteiger partial charge in [0.1, 0.15) is 11.2 Å². The second kappa shape index (κ2) is 10.2. The quantitative estimate of drug-likeness (QED) is 0.209. The maximum absolute atomic E-state index is 6.22. The van der Waals surface area contributed by atoms with E-state index in [2.05, 4.69) is 91.0 Å². The summed E-state index contributed by atoms with van der Waals surface area (Å²) in [5.74, 6) is 1.87. The van der Waals surface area contributed by atoms with Crippen molar-refractivity contribution in [2.75, 3.05) is 0 Å². The van der Waals surface area contributed by atoms with Crippen molar-refractivity contribution in [2.24, 2.45) is 0 Å². The minimum Gasteiger partial charge on any atom is -0.456 e. The van der Waals surface area contributed by atoms with E-state index in [4.69, 9.17) is 19.4 Å². The Morgan fingerprint density at radius 2 is 0.956 bits per heavy atom. The van der Waals surface area contributed by atoms with Crippen LogP contribution in [0.1, 0.15) is 0 Å². The molecule has 45 heavy (non-hydrogen) atoms. The van der Waals surface area contributed by atoms with Gasteiger partial charge in [-0.05, 0) is 50.9 Å². The van der Waals surface area contributed by atoms with E-state index in [-0.39, 0.29) is 0 Å². The van der Waals surface area contributed by atoms with Crippen molar-refractivity contribution in [3.8, 4) is 45.3 Å². The molecule has 0 radical (unpaired) electrons. The largest absolute Gasteiger partial charge is 0.456 e. The number of hydrogen-bond donors (Lipinski definition) is 0.